The number of nitrogen functional groups attached to an aromatic ring is 1. The third kappa shape index (κ3) is 3.49. The van der Waals surface area contributed by atoms with Gasteiger partial charge in [0.2, 0.25) is 5.91 Å². The molecule has 0 radical (unpaired) electrons. The number of nitrogens with two attached hydrogens (primary N) is 1. The first-order chi connectivity index (χ1) is 8.99. The predicted molar refractivity (Wildman–Crippen MR) is 78.8 cm³/mol. The van der Waals surface area contributed by atoms with Gasteiger partial charge in [0.1, 0.15) is 0 Å². The molecule has 0 aliphatic heterocycles. The van der Waals surface area contributed by atoms with Gasteiger partial charge >= 0.3 is 0 Å². The zero-order valence-corrected chi connectivity index (χ0v) is 12.1. The fraction of sp³-hybridized carbons (Fsp3) is 0.562. The molecule has 1 aliphatic carbocycles. The van der Waals surface area contributed by atoms with E-state index >= 15 is 0 Å². The Morgan fingerprint density at radius 2 is 2.05 bits per heavy atom. The van der Waals surface area contributed by atoms with Crippen molar-refractivity contribution in [1.82, 2.24) is 4.90 Å². The van der Waals surface area contributed by atoms with Gasteiger partial charge in [-0.05, 0) is 43.4 Å². The smallest absolute Gasteiger partial charge is 0.230 e. The van der Waals surface area contributed by atoms with Gasteiger partial charge in [-0.15, -0.1) is 0 Å². The maximum absolute atomic E-state index is 12.7. The molecule has 0 bridgehead atoms. The lowest BCUT2D eigenvalue weighted by atomic mass is 9.98. The molecule has 19 heavy (non-hydrogen) atoms. The maximum atomic E-state index is 12.7. The van der Waals surface area contributed by atoms with E-state index in [2.05, 4.69) is 18.7 Å². The number of carbonyl (C=O) groups is 1. The molecule has 1 amide bonds. The van der Waals surface area contributed by atoms with E-state index in [1.54, 1.807) is 0 Å². The van der Waals surface area contributed by atoms with Crippen LogP contribution in [-0.4, -0.2) is 23.4 Å². The highest BCUT2D eigenvalue weighted by Gasteiger charge is 2.35. The molecule has 2 rings (SSSR count). The third-order valence-electron chi connectivity index (χ3n) is 3.61. The Balaban J connectivity index is 2.12. The first kappa shape index (κ1) is 13.9. The summed E-state index contributed by atoms with van der Waals surface area (Å²) in [6.45, 7) is 7.16. The van der Waals surface area contributed by atoms with Crippen molar-refractivity contribution in [1.29, 1.82) is 0 Å². The Bertz CT molecular complexity index is 452. The number of hydrogen-bond donors (Lipinski definition) is 1. The number of hydrogen-bond acceptors (Lipinski definition) is 2. The van der Waals surface area contributed by atoms with Crippen molar-refractivity contribution in [3.63, 3.8) is 0 Å². The van der Waals surface area contributed by atoms with E-state index in [9.17, 15) is 4.79 Å². The number of benzene rings is 1. The number of carbonyl (C=O) groups excluding carboxylic acids is 1. The van der Waals surface area contributed by atoms with Crippen LogP contribution >= 0.6 is 0 Å². The monoisotopic (exact) mass is 260 g/mol. The van der Waals surface area contributed by atoms with E-state index in [0.717, 1.165) is 30.6 Å². The highest BCUT2D eigenvalue weighted by molar-refractivity contribution is 5.84. The van der Waals surface area contributed by atoms with Crippen LogP contribution in [0.5, 0.6) is 0 Å². The van der Waals surface area contributed by atoms with Crippen molar-refractivity contribution in [2.45, 2.75) is 45.6 Å². The topological polar surface area (TPSA) is 46.3 Å². The summed E-state index contributed by atoms with van der Waals surface area (Å²) in [6.07, 6.45) is 2.31. The molecule has 2 N–H and O–H groups in total. The Morgan fingerprint density at radius 3 is 2.58 bits per heavy atom. The number of anilines is 1. The summed E-state index contributed by atoms with van der Waals surface area (Å²) < 4.78 is 0. The fourth-order valence-corrected chi connectivity index (χ4v) is 2.42. The molecule has 1 saturated carbocycles. The normalized spacial score (nSPS) is 16.4. The molecule has 0 spiro atoms. The zero-order valence-electron chi connectivity index (χ0n) is 12.1. The van der Waals surface area contributed by atoms with Crippen molar-refractivity contribution < 1.29 is 4.79 Å². The van der Waals surface area contributed by atoms with Crippen molar-refractivity contribution >= 4 is 11.6 Å². The van der Waals surface area contributed by atoms with Crippen LogP contribution in [0, 0.1) is 5.92 Å². The fourth-order valence-electron chi connectivity index (χ4n) is 2.42. The van der Waals surface area contributed by atoms with Crippen LogP contribution in [0.25, 0.3) is 0 Å². The predicted octanol–water partition coefficient (Wildman–Crippen LogP) is 3.02. The van der Waals surface area contributed by atoms with Crippen molar-refractivity contribution in [2.75, 3.05) is 12.3 Å². The molecule has 1 fully saturated rings. The minimum absolute atomic E-state index is 0.108. The first-order valence-corrected chi connectivity index (χ1v) is 7.15. The maximum Gasteiger partial charge on any atom is 0.230 e. The van der Waals surface area contributed by atoms with E-state index in [0.29, 0.717) is 12.0 Å². The molecule has 1 aromatic rings. The second-order valence-electron chi connectivity index (χ2n) is 6.01. The largest absolute Gasteiger partial charge is 0.399 e. The van der Waals surface area contributed by atoms with Gasteiger partial charge < -0.3 is 10.6 Å². The summed E-state index contributed by atoms with van der Waals surface area (Å²) >= 11 is 0. The number of rotatable bonds is 5. The molecule has 1 aromatic carbocycles. The molecule has 1 atom stereocenters. The Hall–Kier alpha value is -1.51. The van der Waals surface area contributed by atoms with Gasteiger partial charge in [-0.3, -0.25) is 4.79 Å². The van der Waals surface area contributed by atoms with Crippen molar-refractivity contribution in [3.05, 3.63) is 29.8 Å². The summed E-state index contributed by atoms with van der Waals surface area (Å²) in [7, 11) is 0. The van der Waals surface area contributed by atoms with Gasteiger partial charge in [-0.2, -0.15) is 0 Å². The summed E-state index contributed by atoms with van der Waals surface area (Å²) in [5.74, 6) is 0.641. The van der Waals surface area contributed by atoms with E-state index in [-0.39, 0.29) is 11.8 Å². The highest BCUT2D eigenvalue weighted by Crippen LogP contribution is 2.31. The summed E-state index contributed by atoms with van der Waals surface area (Å²) in [5.41, 5.74) is 7.54. The molecule has 1 aliphatic rings. The van der Waals surface area contributed by atoms with Crippen LogP contribution in [0.1, 0.15) is 45.1 Å². The van der Waals surface area contributed by atoms with Crippen molar-refractivity contribution in [2.24, 2.45) is 5.92 Å². The number of amides is 1. The lowest BCUT2D eigenvalue weighted by Crippen LogP contribution is -2.38. The van der Waals surface area contributed by atoms with Gasteiger partial charge in [-0.1, -0.05) is 26.0 Å². The second kappa shape index (κ2) is 5.64. The Morgan fingerprint density at radius 1 is 1.37 bits per heavy atom. The number of nitrogens with zero attached hydrogens (tertiary/aromatic N) is 1. The molecule has 3 nitrogen and oxygen atoms in total. The van der Waals surface area contributed by atoms with Crippen LogP contribution < -0.4 is 5.73 Å². The second-order valence-corrected chi connectivity index (χ2v) is 6.01. The minimum Gasteiger partial charge on any atom is -0.399 e. The van der Waals surface area contributed by atoms with Gasteiger partial charge in [0.05, 0.1) is 5.92 Å². The molecule has 0 saturated heterocycles. The Labute approximate surface area is 115 Å². The molecule has 0 aromatic heterocycles. The Kier molecular flexibility index (Phi) is 4.13. The van der Waals surface area contributed by atoms with Crippen LogP contribution in [0.2, 0.25) is 0 Å². The van der Waals surface area contributed by atoms with Crippen LogP contribution in [0.4, 0.5) is 5.69 Å². The van der Waals surface area contributed by atoms with E-state index < -0.39 is 0 Å². The third-order valence-corrected chi connectivity index (χ3v) is 3.61. The first-order valence-electron chi connectivity index (χ1n) is 7.15. The SMILES string of the molecule is CC(C)CN(C(=O)C(C)c1cccc(N)c1)C1CC1. The molecule has 3 heteroatoms. The summed E-state index contributed by atoms with van der Waals surface area (Å²) in [4.78, 5) is 14.7. The van der Waals surface area contributed by atoms with Crippen LogP contribution in [0.15, 0.2) is 24.3 Å². The molecule has 1 unspecified atom stereocenters. The van der Waals surface area contributed by atoms with Crippen LogP contribution in [0.3, 0.4) is 0 Å². The van der Waals surface area contributed by atoms with Gasteiger partial charge in [0, 0.05) is 18.3 Å². The van der Waals surface area contributed by atoms with E-state index in [4.69, 9.17) is 5.73 Å². The van der Waals surface area contributed by atoms with E-state index in [1.807, 2.05) is 31.2 Å². The lowest BCUT2D eigenvalue weighted by Gasteiger charge is -2.27. The van der Waals surface area contributed by atoms with Gasteiger partial charge in [-0.25, -0.2) is 0 Å². The van der Waals surface area contributed by atoms with Gasteiger partial charge in [0.15, 0.2) is 0 Å². The minimum atomic E-state index is -0.108. The summed E-state index contributed by atoms with van der Waals surface area (Å²) in [6, 6.07) is 8.13. The highest BCUT2D eigenvalue weighted by atomic mass is 16.2. The molecule has 0 heterocycles. The zero-order chi connectivity index (χ0) is 14.0. The molecule has 104 valence electrons. The average Bonchev–Trinajstić information content (AvgIpc) is 3.18. The molecular formula is C16H24N2O. The summed E-state index contributed by atoms with van der Waals surface area (Å²) in [5, 5.41) is 0. The van der Waals surface area contributed by atoms with E-state index in [1.165, 1.54) is 0 Å². The lowest BCUT2D eigenvalue weighted by molar-refractivity contribution is -0.133. The molecular weight excluding hydrogens is 236 g/mol. The van der Waals surface area contributed by atoms with Crippen molar-refractivity contribution in [3.8, 4) is 0 Å². The average molecular weight is 260 g/mol. The van der Waals surface area contributed by atoms with Crippen LogP contribution in [-0.2, 0) is 4.79 Å². The van der Waals surface area contributed by atoms with Gasteiger partial charge in [0.25, 0.3) is 0 Å². The quantitative estimate of drug-likeness (QED) is 0.827. The standard InChI is InChI=1S/C16H24N2O/c1-11(2)10-18(15-7-8-15)16(19)12(3)13-5-4-6-14(17)9-13/h4-6,9,11-12,15H,7-8,10,17H2,1-3H3.